The summed E-state index contributed by atoms with van der Waals surface area (Å²) in [5, 5.41) is 0. The Hall–Kier alpha value is -1.71. The van der Waals surface area contributed by atoms with Crippen molar-refractivity contribution in [3.05, 3.63) is 28.7 Å². The molecule has 0 atom stereocenters. The second-order valence-corrected chi connectivity index (χ2v) is 3.75. The van der Waals surface area contributed by atoms with Crippen LogP contribution in [0.15, 0.2) is 23.0 Å². The number of para-hydroxylation sites is 1. The molecule has 0 radical (unpaired) electrons. The second-order valence-electron chi connectivity index (χ2n) is 3.75. The fourth-order valence-electron chi connectivity index (χ4n) is 1.81. The number of aromatic nitrogens is 2. The Morgan fingerprint density at radius 2 is 2.13 bits per heavy atom. The van der Waals surface area contributed by atoms with Gasteiger partial charge in [0.1, 0.15) is 11.3 Å². The predicted molar refractivity (Wildman–Crippen MR) is 59.5 cm³/mol. The first-order valence-corrected chi connectivity index (χ1v) is 4.92. The van der Waals surface area contributed by atoms with Gasteiger partial charge in [-0.05, 0) is 26.0 Å². The number of ether oxygens (including phenoxy) is 1. The maximum absolute atomic E-state index is 11.7. The summed E-state index contributed by atoms with van der Waals surface area (Å²) in [5.41, 5.74) is 1.55. The standard InChI is InChI=1S/C11H14N2O2/c1-7(2)13-10-8(12-11(13)14)5-4-6-9(10)15-3/h4-7H,1-3H3,(H,12,14). The van der Waals surface area contributed by atoms with Gasteiger partial charge in [0.15, 0.2) is 0 Å². The second kappa shape index (κ2) is 3.46. The molecule has 0 aliphatic heterocycles. The van der Waals surface area contributed by atoms with Gasteiger partial charge in [0.25, 0.3) is 0 Å². The summed E-state index contributed by atoms with van der Waals surface area (Å²) in [6.45, 7) is 3.95. The van der Waals surface area contributed by atoms with Gasteiger partial charge in [-0.2, -0.15) is 0 Å². The molecule has 80 valence electrons. The van der Waals surface area contributed by atoms with Gasteiger partial charge in [-0.1, -0.05) is 6.07 Å². The maximum atomic E-state index is 11.7. The van der Waals surface area contributed by atoms with Gasteiger partial charge in [-0.3, -0.25) is 4.57 Å². The van der Waals surface area contributed by atoms with Crippen molar-refractivity contribution in [1.82, 2.24) is 9.55 Å². The van der Waals surface area contributed by atoms with Crippen LogP contribution in [0.3, 0.4) is 0 Å². The lowest BCUT2D eigenvalue weighted by atomic mass is 10.2. The number of hydrogen-bond acceptors (Lipinski definition) is 2. The van der Waals surface area contributed by atoms with Gasteiger partial charge in [0, 0.05) is 6.04 Å². The molecule has 0 fully saturated rings. The zero-order chi connectivity index (χ0) is 11.0. The van der Waals surface area contributed by atoms with Crippen molar-refractivity contribution >= 4 is 11.0 Å². The Bertz CT molecular complexity index is 537. The molecule has 0 aliphatic rings. The number of benzene rings is 1. The molecule has 15 heavy (non-hydrogen) atoms. The average molecular weight is 206 g/mol. The third-order valence-corrected chi connectivity index (χ3v) is 2.44. The van der Waals surface area contributed by atoms with Crippen molar-refractivity contribution in [2.24, 2.45) is 0 Å². The van der Waals surface area contributed by atoms with E-state index >= 15 is 0 Å². The molecule has 0 bridgehead atoms. The van der Waals surface area contributed by atoms with Crippen molar-refractivity contribution in [3.63, 3.8) is 0 Å². The highest BCUT2D eigenvalue weighted by Crippen LogP contribution is 2.24. The molecule has 0 saturated heterocycles. The molecule has 4 heteroatoms. The number of fused-ring (bicyclic) bond motifs is 1. The summed E-state index contributed by atoms with van der Waals surface area (Å²) in [4.78, 5) is 14.5. The van der Waals surface area contributed by atoms with Crippen LogP contribution in [0.25, 0.3) is 11.0 Å². The largest absolute Gasteiger partial charge is 0.494 e. The lowest BCUT2D eigenvalue weighted by Crippen LogP contribution is -2.18. The molecule has 0 aliphatic carbocycles. The van der Waals surface area contributed by atoms with E-state index in [0.29, 0.717) is 0 Å². The molecule has 2 rings (SSSR count). The minimum atomic E-state index is -0.0931. The summed E-state index contributed by atoms with van der Waals surface area (Å²) in [5.74, 6) is 0.722. The lowest BCUT2D eigenvalue weighted by molar-refractivity contribution is 0.415. The Balaban J connectivity index is 2.89. The molecule has 1 heterocycles. The van der Waals surface area contributed by atoms with Crippen LogP contribution in [0.2, 0.25) is 0 Å². The number of rotatable bonds is 2. The van der Waals surface area contributed by atoms with Crippen LogP contribution in [0.5, 0.6) is 5.75 Å². The number of aromatic amines is 1. The third kappa shape index (κ3) is 1.42. The number of nitrogens with zero attached hydrogens (tertiary/aromatic N) is 1. The van der Waals surface area contributed by atoms with Gasteiger partial charge in [-0.15, -0.1) is 0 Å². The van der Waals surface area contributed by atoms with E-state index in [9.17, 15) is 4.79 Å². The number of H-pyrrole nitrogens is 1. The third-order valence-electron chi connectivity index (χ3n) is 2.44. The first kappa shape index (κ1) is 9.83. The van der Waals surface area contributed by atoms with Crippen LogP contribution < -0.4 is 10.4 Å². The summed E-state index contributed by atoms with van der Waals surface area (Å²) < 4.78 is 6.95. The molecule has 0 spiro atoms. The lowest BCUT2D eigenvalue weighted by Gasteiger charge is -2.09. The molecule has 1 aromatic carbocycles. The molecule has 0 unspecified atom stereocenters. The van der Waals surface area contributed by atoms with Gasteiger partial charge >= 0.3 is 5.69 Å². The normalized spacial score (nSPS) is 11.2. The molecule has 4 nitrogen and oxygen atoms in total. The van der Waals surface area contributed by atoms with E-state index < -0.39 is 0 Å². The van der Waals surface area contributed by atoms with Crippen LogP contribution in [0, 0.1) is 0 Å². The van der Waals surface area contributed by atoms with Crippen molar-refractivity contribution in [2.75, 3.05) is 7.11 Å². The summed E-state index contributed by atoms with van der Waals surface area (Å²) >= 11 is 0. The Morgan fingerprint density at radius 3 is 2.73 bits per heavy atom. The van der Waals surface area contributed by atoms with Gasteiger partial charge < -0.3 is 9.72 Å². The first-order chi connectivity index (χ1) is 7.15. The molecule has 2 aromatic rings. The number of nitrogens with one attached hydrogen (secondary N) is 1. The van der Waals surface area contributed by atoms with Crippen molar-refractivity contribution in [3.8, 4) is 5.75 Å². The van der Waals surface area contributed by atoms with Crippen LogP contribution in [0.1, 0.15) is 19.9 Å². The summed E-state index contributed by atoms with van der Waals surface area (Å²) in [7, 11) is 1.61. The number of hydrogen-bond donors (Lipinski definition) is 1. The van der Waals surface area contributed by atoms with E-state index in [2.05, 4.69) is 4.98 Å². The van der Waals surface area contributed by atoms with E-state index in [1.165, 1.54) is 0 Å². The Morgan fingerprint density at radius 1 is 1.40 bits per heavy atom. The fraction of sp³-hybridized carbons (Fsp3) is 0.364. The Labute approximate surface area is 87.5 Å². The van der Waals surface area contributed by atoms with Crippen molar-refractivity contribution in [2.45, 2.75) is 19.9 Å². The van der Waals surface area contributed by atoms with E-state index in [-0.39, 0.29) is 11.7 Å². The monoisotopic (exact) mass is 206 g/mol. The number of methoxy groups -OCH3 is 1. The summed E-state index contributed by atoms with van der Waals surface area (Å²) in [6, 6.07) is 5.71. The van der Waals surface area contributed by atoms with E-state index in [0.717, 1.165) is 16.8 Å². The zero-order valence-electron chi connectivity index (χ0n) is 9.07. The summed E-state index contributed by atoms with van der Waals surface area (Å²) in [6.07, 6.45) is 0. The Kier molecular flexibility index (Phi) is 2.26. The molecule has 1 N–H and O–H groups in total. The minimum Gasteiger partial charge on any atom is -0.494 e. The smallest absolute Gasteiger partial charge is 0.326 e. The quantitative estimate of drug-likeness (QED) is 0.816. The molecule has 0 amide bonds. The highest BCUT2D eigenvalue weighted by atomic mass is 16.5. The van der Waals surface area contributed by atoms with E-state index in [4.69, 9.17) is 4.74 Å². The van der Waals surface area contributed by atoms with Gasteiger partial charge in [-0.25, -0.2) is 4.79 Å². The van der Waals surface area contributed by atoms with Crippen molar-refractivity contribution < 1.29 is 4.74 Å². The number of imidazole rings is 1. The molecular formula is C11H14N2O2. The minimum absolute atomic E-state index is 0.0931. The predicted octanol–water partition coefficient (Wildman–Crippen LogP) is 1.92. The topological polar surface area (TPSA) is 47.0 Å². The van der Waals surface area contributed by atoms with Gasteiger partial charge in [0.2, 0.25) is 0 Å². The van der Waals surface area contributed by atoms with Crippen LogP contribution in [-0.2, 0) is 0 Å². The van der Waals surface area contributed by atoms with E-state index in [1.807, 2.05) is 32.0 Å². The first-order valence-electron chi connectivity index (χ1n) is 4.92. The SMILES string of the molecule is COc1cccc2[nH]c(=O)n(C(C)C)c12. The highest BCUT2D eigenvalue weighted by Gasteiger charge is 2.13. The van der Waals surface area contributed by atoms with Crippen LogP contribution in [-0.4, -0.2) is 16.7 Å². The molecular weight excluding hydrogens is 192 g/mol. The molecule has 1 aromatic heterocycles. The fourth-order valence-corrected chi connectivity index (χ4v) is 1.81. The van der Waals surface area contributed by atoms with Crippen molar-refractivity contribution in [1.29, 1.82) is 0 Å². The maximum Gasteiger partial charge on any atom is 0.326 e. The van der Waals surface area contributed by atoms with E-state index in [1.54, 1.807) is 11.7 Å². The van der Waals surface area contributed by atoms with Gasteiger partial charge in [0.05, 0.1) is 12.6 Å². The zero-order valence-corrected chi connectivity index (χ0v) is 9.07. The van der Waals surface area contributed by atoms with Crippen LogP contribution in [0.4, 0.5) is 0 Å². The molecule has 0 saturated carbocycles. The highest BCUT2D eigenvalue weighted by molar-refractivity contribution is 5.82. The average Bonchev–Trinajstić information content (AvgIpc) is 2.53. The van der Waals surface area contributed by atoms with Crippen LogP contribution >= 0.6 is 0 Å².